The van der Waals surface area contributed by atoms with Crippen molar-refractivity contribution in [1.29, 1.82) is 0 Å². The van der Waals surface area contributed by atoms with E-state index in [9.17, 15) is 0 Å². The predicted octanol–water partition coefficient (Wildman–Crippen LogP) is 15.6. The van der Waals surface area contributed by atoms with Gasteiger partial charge in [-0.1, -0.05) is 133 Å². The van der Waals surface area contributed by atoms with Crippen LogP contribution in [0.2, 0.25) is 0 Å². The van der Waals surface area contributed by atoms with Crippen LogP contribution in [0.5, 0.6) is 0 Å². The first-order valence-electron chi connectivity index (χ1n) is 18.7. The van der Waals surface area contributed by atoms with Gasteiger partial charge in [-0.3, -0.25) is 0 Å². The van der Waals surface area contributed by atoms with E-state index in [1.807, 2.05) is 23.5 Å². The molecule has 0 atom stereocenters. The third kappa shape index (κ3) is 5.40. The van der Waals surface area contributed by atoms with Gasteiger partial charge in [0.05, 0.1) is 0 Å². The zero-order valence-electron chi connectivity index (χ0n) is 29.8. The first kappa shape index (κ1) is 31.6. The summed E-state index contributed by atoms with van der Waals surface area (Å²) < 4.78 is 8.86. The number of rotatable bonds is 6. The zero-order chi connectivity index (χ0) is 36.3. The molecular formula is C52H33NOS. The second kappa shape index (κ2) is 12.9. The lowest BCUT2D eigenvalue weighted by molar-refractivity contribution is 0.669. The Kier molecular flexibility index (Phi) is 7.39. The molecule has 258 valence electrons. The Labute approximate surface area is 322 Å². The number of benzene rings is 9. The van der Waals surface area contributed by atoms with E-state index in [1.54, 1.807) is 0 Å². The Morgan fingerprint density at radius 1 is 0.345 bits per heavy atom. The van der Waals surface area contributed by atoms with Crippen molar-refractivity contribution >= 4 is 81.3 Å². The number of furan rings is 1. The summed E-state index contributed by atoms with van der Waals surface area (Å²) >= 11 is 1.87. The second-order valence-corrected chi connectivity index (χ2v) is 15.2. The molecule has 55 heavy (non-hydrogen) atoms. The van der Waals surface area contributed by atoms with Crippen molar-refractivity contribution < 1.29 is 4.42 Å². The summed E-state index contributed by atoms with van der Waals surface area (Å²) in [7, 11) is 0. The van der Waals surface area contributed by atoms with Crippen molar-refractivity contribution in [1.82, 2.24) is 0 Å². The lowest BCUT2D eigenvalue weighted by Crippen LogP contribution is -2.09. The van der Waals surface area contributed by atoms with Crippen molar-refractivity contribution in [2.75, 3.05) is 4.90 Å². The molecule has 0 bridgehead atoms. The van der Waals surface area contributed by atoms with E-state index >= 15 is 0 Å². The highest BCUT2D eigenvalue weighted by atomic mass is 32.1. The van der Waals surface area contributed by atoms with Crippen LogP contribution in [-0.2, 0) is 0 Å². The second-order valence-electron chi connectivity index (χ2n) is 14.1. The van der Waals surface area contributed by atoms with Crippen molar-refractivity contribution in [2.45, 2.75) is 0 Å². The standard InChI is InChI=1S/C52H33NOS/c1-2-10-34(11-3-1)35-20-26-40(27-21-35)53(41-28-22-36(23-29-41)43-15-8-18-48-51(43)45-14-6-7-17-47(45)54-48)42-30-24-37(25-31-42)44-16-9-19-49-52(44)46-32-38-12-4-5-13-39(38)33-50(46)55-49/h1-33H. The molecule has 2 aromatic heterocycles. The Morgan fingerprint density at radius 3 is 1.56 bits per heavy atom. The normalized spacial score (nSPS) is 11.6. The van der Waals surface area contributed by atoms with Gasteiger partial charge in [0.15, 0.2) is 0 Å². The summed E-state index contributed by atoms with van der Waals surface area (Å²) in [5.74, 6) is 0. The Hall–Kier alpha value is -6.94. The van der Waals surface area contributed by atoms with Crippen LogP contribution in [0.25, 0.3) is 86.3 Å². The molecule has 0 spiro atoms. The van der Waals surface area contributed by atoms with Crippen molar-refractivity contribution in [3.8, 4) is 33.4 Å². The van der Waals surface area contributed by atoms with Crippen LogP contribution in [0.1, 0.15) is 0 Å². The van der Waals surface area contributed by atoms with E-state index < -0.39 is 0 Å². The first-order chi connectivity index (χ1) is 27.2. The molecule has 11 rings (SSSR count). The highest BCUT2D eigenvalue weighted by Gasteiger charge is 2.17. The van der Waals surface area contributed by atoms with Gasteiger partial charge in [0.1, 0.15) is 11.2 Å². The van der Waals surface area contributed by atoms with Gasteiger partial charge in [0, 0.05) is 48.0 Å². The summed E-state index contributed by atoms with van der Waals surface area (Å²) in [6.45, 7) is 0. The molecule has 0 aliphatic rings. The van der Waals surface area contributed by atoms with E-state index in [0.29, 0.717) is 0 Å². The Bertz CT molecular complexity index is 3170. The monoisotopic (exact) mass is 719 g/mol. The molecule has 2 heterocycles. The molecule has 0 aliphatic carbocycles. The van der Waals surface area contributed by atoms with Crippen molar-refractivity contribution in [2.24, 2.45) is 0 Å². The lowest BCUT2D eigenvalue weighted by atomic mass is 9.97. The summed E-state index contributed by atoms with van der Waals surface area (Å²) in [6, 6.07) is 72.2. The molecule has 2 nitrogen and oxygen atoms in total. The summed E-state index contributed by atoms with van der Waals surface area (Å²) in [5.41, 5.74) is 12.3. The molecular weight excluding hydrogens is 687 g/mol. The number of thiophene rings is 1. The SMILES string of the molecule is c1ccc(-c2ccc(N(c3ccc(-c4cccc5oc6ccccc6c45)cc3)c3ccc(-c4cccc5sc6cc7ccccc7cc6c45)cc3)cc2)cc1. The maximum Gasteiger partial charge on any atom is 0.136 e. The van der Waals surface area contributed by atoms with Crippen LogP contribution in [-0.4, -0.2) is 0 Å². The summed E-state index contributed by atoms with van der Waals surface area (Å²) in [5, 5.41) is 7.48. The van der Waals surface area contributed by atoms with Crippen LogP contribution in [0, 0.1) is 0 Å². The fourth-order valence-electron chi connectivity index (χ4n) is 8.23. The first-order valence-corrected chi connectivity index (χ1v) is 19.5. The van der Waals surface area contributed by atoms with E-state index in [-0.39, 0.29) is 0 Å². The van der Waals surface area contributed by atoms with E-state index in [2.05, 4.69) is 193 Å². The van der Waals surface area contributed by atoms with Crippen molar-refractivity contribution in [3.05, 3.63) is 200 Å². The number of fused-ring (bicyclic) bond motifs is 7. The molecule has 11 aromatic rings. The maximum absolute atomic E-state index is 6.22. The van der Waals surface area contributed by atoms with Crippen LogP contribution >= 0.6 is 11.3 Å². The third-order valence-electron chi connectivity index (χ3n) is 10.9. The molecule has 9 aromatic carbocycles. The van der Waals surface area contributed by atoms with Gasteiger partial charge < -0.3 is 9.32 Å². The van der Waals surface area contributed by atoms with E-state index in [4.69, 9.17) is 4.42 Å². The highest BCUT2D eigenvalue weighted by molar-refractivity contribution is 7.26. The minimum Gasteiger partial charge on any atom is -0.456 e. The molecule has 0 saturated heterocycles. The van der Waals surface area contributed by atoms with Crippen LogP contribution in [0.3, 0.4) is 0 Å². The van der Waals surface area contributed by atoms with Gasteiger partial charge in [-0.15, -0.1) is 11.3 Å². The topological polar surface area (TPSA) is 16.4 Å². The lowest BCUT2D eigenvalue weighted by Gasteiger charge is -2.26. The molecule has 0 amide bonds. The smallest absolute Gasteiger partial charge is 0.136 e. The van der Waals surface area contributed by atoms with Gasteiger partial charge in [0.2, 0.25) is 0 Å². The van der Waals surface area contributed by atoms with Gasteiger partial charge in [-0.05, 0) is 111 Å². The number of para-hydroxylation sites is 1. The molecule has 0 unspecified atom stereocenters. The van der Waals surface area contributed by atoms with Gasteiger partial charge in [-0.2, -0.15) is 0 Å². The quantitative estimate of drug-likeness (QED) is 0.170. The van der Waals surface area contributed by atoms with Crippen molar-refractivity contribution in [3.63, 3.8) is 0 Å². The molecule has 0 aliphatic heterocycles. The average molecular weight is 720 g/mol. The third-order valence-corrected chi connectivity index (χ3v) is 12.0. The minimum atomic E-state index is 0.905. The van der Waals surface area contributed by atoms with Gasteiger partial charge >= 0.3 is 0 Å². The molecule has 3 heteroatoms. The Morgan fingerprint density at radius 2 is 0.873 bits per heavy atom. The van der Waals surface area contributed by atoms with Gasteiger partial charge in [-0.25, -0.2) is 0 Å². The molecule has 0 N–H and O–H groups in total. The number of hydrogen-bond donors (Lipinski definition) is 0. The van der Waals surface area contributed by atoms with Crippen LogP contribution < -0.4 is 4.90 Å². The van der Waals surface area contributed by atoms with E-state index in [0.717, 1.165) is 44.6 Å². The number of hydrogen-bond acceptors (Lipinski definition) is 3. The minimum absolute atomic E-state index is 0.905. The van der Waals surface area contributed by atoms with Gasteiger partial charge in [0.25, 0.3) is 0 Å². The molecule has 0 fully saturated rings. The highest BCUT2D eigenvalue weighted by Crippen LogP contribution is 2.44. The number of anilines is 3. The fraction of sp³-hybridized carbons (Fsp3) is 0. The Balaban J connectivity index is 1.01. The predicted molar refractivity (Wildman–Crippen MR) is 235 cm³/mol. The fourth-order valence-corrected chi connectivity index (χ4v) is 9.39. The van der Waals surface area contributed by atoms with Crippen LogP contribution in [0.15, 0.2) is 205 Å². The van der Waals surface area contributed by atoms with E-state index in [1.165, 1.54) is 58.8 Å². The van der Waals surface area contributed by atoms with Crippen LogP contribution in [0.4, 0.5) is 17.1 Å². The largest absolute Gasteiger partial charge is 0.456 e. The summed E-state index contributed by atoms with van der Waals surface area (Å²) in [4.78, 5) is 2.35. The average Bonchev–Trinajstić information content (AvgIpc) is 3.82. The molecule has 0 radical (unpaired) electrons. The number of nitrogens with zero attached hydrogens (tertiary/aromatic N) is 1. The maximum atomic E-state index is 6.22. The summed E-state index contributed by atoms with van der Waals surface area (Å²) in [6.07, 6.45) is 0. The zero-order valence-corrected chi connectivity index (χ0v) is 30.6. The molecule has 0 saturated carbocycles.